The van der Waals surface area contributed by atoms with Gasteiger partial charge in [0, 0.05) is 18.3 Å². The highest BCUT2D eigenvalue weighted by Gasteiger charge is 2.61. The van der Waals surface area contributed by atoms with Gasteiger partial charge in [0.15, 0.2) is 5.78 Å². The summed E-state index contributed by atoms with van der Waals surface area (Å²) < 4.78 is 0. The average molecular weight is 328 g/mol. The van der Waals surface area contributed by atoms with Crippen molar-refractivity contribution in [2.24, 2.45) is 34.5 Å². The van der Waals surface area contributed by atoms with E-state index in [4.69, 9.17) is 0 Å². The maximum atomic E-state index is 12.2. The lowest BCUT2D eigenvalue weighted by molar-refractivity contribution is -0.134. The summed E-state index contributed by atoms with van der Waals surface area (Å²) in [5, 5.41) is 11.1. The molecule has 7 atom stereocenters. The Balaban J connectivity index is 1.78. The second kappa shape index (κ2) is 5.14. The fourth-order valence-electron chi connectivity index (χ4n) is 6.80. The molecule has 3 heteroatoms. The summed E-state index contributed by atoms with van der Waals surface area (Å²) in [4.78, 5) is 24.0. The average Bonchev–Trinajstić information content (AvgIpc) is 2.84. The minimum atomic E-state index is -0.400. The zero-order valence-corrected chi connectivity index (χ0v) is 14.9. The topological polar surface area (TPSA) is 54.4 Å². The number of Topliss-reactive ketones (excluding diaryl/α,β-unsaturated/α-hetero) is 1. The van der Waals surface area contributed by atoms with Crippen molar-refractivity contribution in [1.29, 1.82) is 0 Å². The maximum Gasteiger partial charge on any atom is 0.156 e. The van der Waals surface area contributed by atoms with Gasteiger partial charge in [-0.25, -0.2) is 0 Å². The Morgan fingerprint density at radius 3 is 2.75 bits per heavy atom. The van der Waals surface area contributed by atoms with Crippen LogP contribution in [0.4, 0.5) is 0 Å². The molecule has 0 radical (unpaired) electrons. The van der Waals surface area contributed by atoms with E-state index in [2.05, 4.69) is 26.0 Å². The Hall–Kier alpha value is -1.22. The number of hydrogen-bond acceptors (Lipinski definition) is 3. The third-order valence-corrected chi connectivity index (χ3v) is 7.94. The predicted molar refractivity (Wildman–Crippen MR) is 92.2 cm³/mol. The van der Waals surface area contributed by atoms with E-state index >= 15 is 0 Å². The first-order valence-electron chi connectivity index (χ1n) is 9.39. The minimum absolute atomic E-state index is 0.0845. The number of allylic oxidation sites excluding steroid dienone is 4. The number of fused-ring (bicyclic) bond motifs is 5. The summed E-state index contributed by atoms with van der Waals surface area (Å²) >= 11 is 0. The number of ketones is 2. The number of carbonyl (C=O) groups excluding carboxylic acids is 2. The van der Waals surface area contributed by atoms with E-state index in [1.807, 2.05) is 0 Å². The molecular weight excluding hydrogens is 300 g/mol. The molecule has 3 nitrogen and oxygen atoms in total. The number of aliphatic hydroxyl groups is 1. The number of rotatable bonds is 1. The van der Waals surface area contributed by atoms with Gasteiger partial charge in [-0.3, -0.25) is 9.59 Å². The van der Waals surface area contributed by atoms with Gasteiger partial charge in [0.1, 0.15) is 5.78 Å². The Morgan fingerprint density at radius 1 is 1.29 bits per heavy atom. The largest absolute Gasteiger partial charge is 0.393 e. The van der Waals surface area contributed by atoms with Gasteiger partial charge in [0.05, 0.1) is 6.10 Å². The van der Waals surface area contributed by atoms with Crippen molar-refractivity contribution >= 4 is 11.6 Å². The molecule has 24 heavy (non-hydrogen) atoms. The molecule has 4 rings (SSSR count). The molecule has 130 valence electrons. The third-order valence-electron chi connectivity index (χ3n) is 7.94. The first-order valence-corrected chi connectivity index (χ1v) is 9.39. The van der Waals surface area contributed by atoms with Crippen molar-refractivity contribution in [2.75, 3.05) is 0 Å². The van der Waals surface area contributed by atoms with Crippen LogP contribution in [0.2, 0.25) is 0 Å². The quantitative estimate of drug-likeness (QED) is 0.802. The molecule has 0 unspecified atom stereocenters. The number of hydrogen-bond donors (Lipinski definition) is 1. The molecular formula is C21H28O3. The number of carbonyl (C=O) groups is 2. The molecule has 0 bridgehead atoms. The van der Waals surface area contributed by atoms with E-state index in [1.54, 1.807) is 13.0 Å². The van der Waals surface area contributed by atoms with E-state index in [-0.39, 0.29) is 34.2 Å². The highest BCUT2D eigenvalue weighted by atomic mass is 16.3. The Morgan fingerprint density at radius 2 is 2.04 bits per heavy atom. The molecule has 4 aliphatic carbocycles. The van der Waals surface area contributed by atoms with Crippen LogP contribution < -0.4 is 0 Å². The molecule has 0 amide bonds. The summed E-state index contributed by atoms with van der Waals surface area (Å²) in [6, 6.07) is 0. The van der Waals surface area contributed by atoms with Crippen LogP contribution in [-0.4, -0.2) is 22.8 Å². The summed E-state index contributed by atoms with van der Waals surface area (Å²) in [7, 11) is 0. The molecule has 4 aliphatic rings. The highest BCUT2D eigenvalue weighted by molar-refractivity contribution is 5.92. The lowest BCUT2D eigenvalue weighted by atomic mass is 9.47. The standard InChI is InChI=1S/C21H28O3/c1-12(22)16-6-7-17-15-5-4-13-10-14(23)8-9-20(13,2)19(15)18(24)11-21(16,17)3/h4-5,10,15-19,24H,6-9,11H2,1-3H3/t15-,16+,17-,18-,19+,20-,21+/m0/s1. The monoisotopic (exact) mass is 328 g/mol. The third kappa shape index (κ3) is 2.00. The first kappa shape index (κ1) is 16.3. The molecule has 0 spiro atoms. The molecule has 0 aromatic carbocycles. The maximum absolute atomic E-state index is 12.2. The number of aliphatic hydroxyl groups excluding tert-OH is 1. The van der Waals surface area contributed by atoms with Crippen LogP contribution in [0.5, 0.6) is 0 Å². The Labute approximate surface area is 144 Å². The summed E-state index contributed by atoms with van der Waals surface area (Å²) in [6.07, 6.45) is 9.94. The van der Waals surface area contributed by atoms with Crippen LogP contribution in [0.1, 0.15) is 52.9 Å². The van der Waals surface area contributed by atoms with Crippen molar-refractivity contribution in [1.82, 2.24) is 0 Å². The predicted octanol–water partition coefficient (Wildman–Crippen LogP) is 3.47. The van der Waals surface area contributed by atoms with Gasteiger partial charge in [0.25, 0.3) is 0 Å². The van der Waals surface area contributed by atoms with Crippen LogP contribution in [0, 0.1) is 34.5 Å². The SMILES string of the molecule is CC(=O)[C@H]1CC[C@H]2[C@@H]3C=CC4=CC(=O)CC[C@]4(C)[C@H]3[C@@H](O)C[C@]12C. The summed E-state index contributed by atoms with van der Waals surface area (Å²) in [5.74, 6) is 1.53. The van der Waals surface area contributed by atoms with E-state index in [1.165, 1.54) is 0 Å². The zero-order valence-electron chi connectivity index (χ0n) is 14.9. The van der Waals surface area contributed by atoms with Crippen LogP contribution in [0.25, 0.3) is 0 Å². The molecule has 0 aromatic heterocycles. The molecule has 0 aliphatic heterocycles. The van der Waals surface area contributed by atoms with Gasteiger partial charge in [-0.05, 0) is 66.9 Å². The second-order valence-electron chi connectivity index (χ2n) is 9.07. The lowest BCUT2D eigenvalue weighted by Gasteiger charge is -2.57. The Kier molecular flexibility index (Phi) is 3.48. The molecule has 2 saturated carbocycles. The van der Waals surface area contributed by atoms with Crippen molar-refractivity contribution in [3.63, 3.8) is 0 Å². The van der Waals surface area contributed by atoms with Crippen LogP contribution in [-0.2, 0) is 9.59 Å². The van der Waals surface area contributed by atoms with E-state index in [0.29, 0.717) is 24.7 Å². The van der Waals surface area contributed by atoms with E-state index in [0.717, 1.165) is 24.8 Å². The van der Waals surface area contributed by atoms with Crippen molar-refractivity contribution in [3.8, 4) is 0 Å². The molecule has 0 heterocycles. The normalized spacial score (nSPS) is 49.9. The molecule has 2 fully saturated rings. The molecule has 1 N–H and O–H groups in total. The first-order chi connectivity index (χ1) is 11.3. The summed E-state index contributed by atoms with van der Waals surface area (Å²) in [5.41, 5.74) is 0.907. The smallest absolute Gasteiger partial charge is 0.156 e. The van der Waals surface area contributed by atoms with Crippen LogP contribution in [0.3, 0.4) is 0 Å². The van der Waals surface area contributed by atoms with Crippen molar-refractivity contribution in [2.45, 2.75) is 59.0 Å². The van der Waals surface area contributed by atoms with Gasteiger partial charge < -0.3 is 5.11 Å². The van der Waals surface area contributed by atoms with Gasteiger partial charge in [-0.15, -0.1) is 0 Å². The Bertz CT molecular complexity index is 660. The fraction of sp³-hybridized carbons (Fsp3) is 0.714. The van der Waals surface area contributed by atoms with Crippen LogP contribution in [0.15, 0.2) is 23.8 Å². The molecule has 0 aromatic rings. The van der Waals surface area contributed by atoms with Gasteiger partial charge >= 0.3 is 0 Å². The van der Waals surface area contributed by atoms with Crippen LogP contribution >= 0.6 is 0 Å². The second-order valence-corrected chi connectivity index (χ2v) is 9.07. The zero-order chi connectivity index (χ0) is 17.3. The van der Waals surface area contributed by atoms with Gasteiger partial charge in [-0.2, -0.15) is 0 Å². The van der Waals surface area contributed by atoms with E-state index < -0.39 is 6.10 Å². The van der Waals surface area contributed by atoms with Crippen molar-refractivity contribution in [3.05, 3.63) is 23.8 Å². The molecule has 0 saturated heterocycles. The highest BCUT2D eigenvalue weighted by Crippen LogP contribution is 2.65. The fourth-order valence-corrected chi connectivity index (χ4v) is 6.80. The van der Waals surface area contributed by atoms with E-state index in [9.17, 15) is 14.7 Å². The lowest BCUT2D eigenvalue weighted by Crippen LogP contribution is -2.55. The van der Waals surface area contributed by atoms with Gasteiger partial charge in [-0.1, -0.05) is 26.0 Å². The van der Waals surface area contributed by atoms with Gasteiger partial charge in [0.2, 0.25) is 0 Å². The minimum Gasteiger partial charge on any atom is -0.393 e. The summed E-state index contributed by atoms with van der Waals surface area (Å²) in [6.45, 7) is 6.17. The van der Waals surface area contributed by atoms with Crippen molar-refractivity contribution < 1.29 is 14.7 Å².